The highest BCUT2D eigenvalue weighted by atomic mass is 32.1. The Bertz CT molecular complexity index is 1150. The second-order valence-electron chi connectivity index (χ2n) is 7.26. The van der Waals surface area contributed by atoms with Crippen molar-refractivity contribution in [2.24, 2.45) is 4.99 Å². The van der Waals surface area contributed by atoms with E-state index in [9.17, 15) is 4.79 Å². The summed E-state index contributed by atoms with van der Waals surface area (Å²) < 4.78 is 16.5. The molecule has 32 heavy (non-hydrogen) atoms. The lowest BCUT2D eigenvalue weighted by molar-refractivity contribution is 0.102. The van der Waals surface area contributed by atoms with Gasteiger partial charge in [-0.3, -0.25) is 4.79 Å². The third-order valence-electron chi connectivity index (χ3n) is 5.32. The maximum atomic E-state index is 13.4. The highest BCUT2D eigenvalue weighted by Gasteiger charge is 2.27. The molecule has 0 unspecified atom stereocenters. The monoisotopic (exact) mass is 450 g/mol. The summed E-state index contributed by atoms with van der Waals surface area (Å²) in [6.07, 6.45) is 4.66. The molecule has 0 bridgehead atoms. The number of amides is 1. The molecule has 1 heterocycles. The Labute approximate surface area is 191 Å². The van der Waals surface area contributed by atoms with Crippen LogP contribution in [0.4, 0.5) is 10.7 Å². The normalized spacial score (nSPS) is 12.6. The van der Waals surface area contributed by atoms with Gasteiger partial charge in [-0.05, 0) is 56.0 Å². The van der Waals surface area contributed by atoms with Gasteiger partial charge in [0.15, 0.2) is 11.5 Å². The first-order valence-corrected chi connectivity index (χ1v) is 11.4. The number of ether oxygens (including phenoxy) is 3. The highest BCUT2D eigenvalue weighted by molar-refractivity contribution is 7.16. The smallest absolute Gasteiger partial charge is 0.259 e. The largest absolute Gasteiger partial charge is 0.493 e. The van der Waals surface area contributed by atoms with Crippen molar-refractivity contribution >= 4 is 34.1 Å². The molecule has 4 rings (SSSR count). The molecule has 7 heteroatoms. The molecular weight excluding hydrogens is 424 g/mol. The van der Waals surface area contributed by atoms with E-state index in [0.717, 1.165) is 30.4 Å². The second-order valence-corrected chi connectivity index (χ2v) is 8.35. The van der Waals surface area contributed by atoms with Crippen molar-refractivity contribution in [1.82, 2.24) is 0 Å². The van der Waals surface area contributed by atoms with Gasteiger partial charge in [0.05, 0.1) is 32.1 Å². The van der Waals surface area contributed by atoms with Crippen molar-refractivity contribution in [3.8, 4) is 17.2 Å². The van der Waals surface area contributed by atoms with Crippen molar-refractivity contribution in [3.05, 3.63) is 64.0 Å². The SMILES string of the molecule is CCOc1ccccc1NC(=O)c1c(/N=C/c2cccc(OC)c2OC)sc2c1CCC2. The molecule has 1 aromatic heterocycles. The van der Waals surface area contributed by atoms with Gasteiger partial charge in [0.25, 0.3) is 5.91 Å². The van der Waals surface area contributed by atoms with Crippen molar-refractivity contribution in [1.29, 1.82) is 0 Å². The molecule has 0 atom stereocenters. The molecule has 6 nitrogen and oxygen atoms in total. The fourth-order valence-electron chi connectivity index (χ4n) is 3.89. The van der Waals surface area contributed by atoms with Crippen molar-refractivity contribution in [2.45, 2.75) is 26.2 Å². The van der Waals surface area contributed by atoms with Gasteiger partial charge >= 0.3 is 0 Å². The van der Waals surface area contributed by atoms with Crippen LogP contribution in [-0.4, -0.2) is 32.9 Å². The van der Waals surface area contributed by atoms with Gasteiger partial charge in [0, 0.05) is 16.7 Å². The number of methoxy groups -OCH3 is 2. The lowest BCUT2D eigenvalue weighted by Gasteiger charge is -2.12. The van der Waals surface area contributed by atoms with E-state index >= 15 is 0 Å². The zero-order valence-electron chi connectivity index (χ0n) is 18.4. The first-order valence-electron chi connectivity index (χ1n) is 10.6. The Morgan fingerprint density at radius 3 is 2.69 bits per heavy atom. The molecule has 0 radical (unpaired) electrons. The quantitative estimate of drug-likeness (QED) is 0.450. The van der Waals surface area contributed by atoms with E-state index in [1.807, 2.05) is 49.4 Å². The van der Waals surface area contributed by atoms with E-state index in [2.05, 4.69) is 5.32 Å². The number of fused-ring (bicyclic) bond motifs is 1. The van der Waals surface area contributed by atoms with Crippen LogP contribution in [0, 0.1) is 0 Å². The zero-order valence-corrected chi connectivity index (χ0v) is 19.3. The topological polar surface area (TPSA) is 69.2 Å². The molecule has 2 aromatic carbocycles. The maximum absolute atomic E-state index is 13.4. The molecule has 1 aliphatic rings. The van der Waals surface area contributed by atoms with Crippen molar-refractivity contribution < 1.29 is 19.0 Å². The van der Waals surface area contributed by atoms with E-state index in [1.54, 1.807) is 31.8 Å². The molecule has 0 saturated carbocycles. The third-order valence-corrected chi connectivity index (χ3v) is 6.52. The molecule has 1 N–H and O–H groups in total. The number of nitrogens with zero attached hydrogens (tertiary/aromatic N) is 1. The second kappa shape index (κ2) is 9.87. The summed E-state index contributed by atoms with van der Waals surface area (Å²) in [6.45, 7) is 2.45. The molecule has 0 saturated heterocycles. The fraction of sp³-hybridized carbons (Fsp3) is 0.280. The molecule has 0 fully saturated rings. The minimum absolute atomic E-state index is 0.165. The van der Waals surface area contributed by atoms with Gasteiger partial charge in [0.2, 0.25) is 0 Å². The number of anilines is 1. The Hall–Kier alpha value is -3.32. The number of carbonyl (C=O) groups excluding carboxylic acids is 1. The van der Waals surface area contributed by atoms with E-state index in [0.29, 0.717) is 40.1 Å². The molecule has 3 aromatic rings. The highest BCUT2D eigenvalue weighted by Crippen LogP contribution is 2.42. The number of nitrogens with one attached hydrogen (secondary N) is 1. The summed E-state index contributed by atoms with van der Waals surface area (Å²) in [4.78, 5) is 19.3. The van der Waals surface area contributed by atoms with Gasteiger partial charge in [-0.2, -0.15) is 0 Å². The van der Waals surface area contributed by atoms with Crippen LogP contribution in [-0.2, 0) is 12.8 Å². The van der Waals surface area contributed by atoms with Gasteiger partial charge in [-0.15, -0.1) is 11.3 Å². The number of benzene rings is 2. The van der Waals surface area contributed by atoms with Crippen LogP contribution in [0.15, 0.2) is 47.5 Å². The lowest BCUT2D eigenvalue weighted by Crippen LogP contribution is -2.14. The standard InChI is InChI=1S/C25H26N2O4S/c1-4-31-19-12-6-5-11-18(19)27-24(28)22-17-10-8-14-21(17)32-25(22)26-15-16-9-7-13-20(29-2)23(16)30-3/h5-7,9,11-13,15H,4,8,10,14H2,1-3H3,(H,27,28)/b26-15+. The number of hydrogen-bond acceptors (Lipinski definition) is 6. The lowest BCUT2D eigenvalue weighted by atomic mass is 10.1. The zero-order chi connectivity index (χ0) is 22.5. The number of hydrogen-bond donors (Lipinski definition) is 1. The van der Waals surface area contributed by atoms with Crippen LogP contribution in [0.25, 0.3) is 0 Å². The van der Waals surface area contributed by atoms with Gasteiger partial charge in [0.1, 0.15) is 10.8 Å². The first kappa shape index (κ1) is 21.9. The minimum Gasteiger partial charge on any atom is -0.493 e. The Kier molecular flexibility index (Phi) is 6.75. The molecule has 1 aliphatic carbocycles. The van der Waals surface area contributed by atoms with Gasteiger partial charge in [-0.25, -0.2) is 4.99 Å². The molecule has 0 spiro atoms. The molecule has 1 amide bonds. The predicted octanol–water partition coefficient (Wildman–Crippen LogP) is 5.66. The number of aryl methyl sites for hydroxylation is 1. The van der Waals surface area contributed by atoms with Gasteiger partial charge in [-0.1, -0.05) is 18.2 Å². The summed E-state index contributed by atoms with van der Waals surface area (Å²) in [5.74, 6) is 1.73. The third kappa shape index (κ3) is 4.34. The number of aliphatic imine (C=N–C) groups is 1. The summed E-state index contributed by atoms with van der Waals surface area (Å²) in [7, 11) is 3.20. The van der Waals surface area contributed by atoms with Crippen LogP contribution >= 0.6 is 11.3 Å². The first-order chi connectivity index (χ1) is 15.7. The van der Waals surface area contributed by atoms with Crippen LogP contribution in [0.5, 0.6) is 17.2 Å². The average molecular weight is 451 g/mol. The van der Waals surface area contributed by atoms with Crippen LogP contribution in [0.2, 0.25) is 0 Å². The molecule has 0 aliphatic heterocycles. The van der Waals surface area contributed by atoms with Crippen LogP contribution in [0.3, 0.4) is 0 Å². The van der Waals surface area contributed by atoms with Crippen LogP contribution < -0.4 is 19.5 Å². The number of carbonyl (C=O) groups is 1. The van der Waals surface area contributed by atoms with E-state index in [-0.39, 0.29) is 5.91 Å². The Morgan fingerprint density at radius 2 is 1.91 bits per heavy atom. The van der Waals surface area contributed by atoms with E-state index in [4.69, 9.17) is 19.2 Å². The Balaban J connectivity index is 1.68. The van der Waals surface area contributed by atoms with Crippen LogP contribution in [0.1, 0.15) is 39.7 Å². The summed E-state index contributed by atoms with van der Waals surface area (Å²) >= 11 is 1.58. The van der Waals surface area contributed by atoms with E-state index < -0.39 is 0 Å². The minimum atomic E-state index is -0.165. The number of para-hydroxylation sites is 3. The molecule has 166 valence electrons. The van der Waals surface area contributed by atoms with Crippen molar-refractivity contribution in [3.63, 3.8) is 0 Å². The molecular formula is C25H26N2O4S. The number of thiophene rings is 1. The maximum Gasteiger partial charge on any atom is 0.259 e. The Morgan fingerprint density at radius 1 is 1.09 bits per heavy atom. The van der Waals surface area contributed by atoms with Crippen molar-refractivity contribution in [2.75, 3.05) is 26.1 Å². The summed E-state index contributed by atoms with van der Waals surface area (Å²) in [6, 6.07) is 13.1. The van der Waals surface area contributed by atoms with E-state index in [1.165, 1.54) is 4.88 Å². The summed E-state index contributed by atoms with van der Waals surface area (Å²) in [5.41, 5.74) is 3.19. The number of rotatable bonds is 8. The summed E-state index contributed by atoms with van der Waals surface area (Å²) in [5, 5.41) is 3.73. The fourth-order valence-corrected chi connectivity index (χ4v) is 5.12. The predicted molar refractivity (Wildman–Crippen MR) is 129 cm³/mol. The average Bonchev–Trinajstić information content (AvgIpc) is 3.39. The van der Waals surface area contributed by atoms with Gasteiger partial charge < -0.3 is 19.5 Å².